The molecule has 3 heteroatoms. The second kappa shape index (κ2) is 5.89. The van der Waals surface area contributed by atoms with Gasteiger partial charge in [0.2, 0.25) is 0 Å². The van der Waals surface area contributed by atoms with Gasteiger partial charge in [0.15, 0.2) is 0 Å². The van der Waals surface area contributed by atoms with Crippen LogP contribution in [0.3, 0.4) is 0 Å². The first kappa shape index (κ1) is 12.9. The monoisotopic (exact) mass is 251 g/mol. The Kier molecular flexibility index (Phi) is 4.48. The second-order valence-corrected chi connectivity index (χ2v) is 6.07. The standard InChI is InChI=1S/C14H21NOS/c1-10-5-3-4-6-12(10)14(9-15)17-13-7-8-16-11(13)2/h3-6,11,13-14H,7-9,15H2,1-2H3. The highest BCUT2D eigenvalue weighted by Crippen LogP contribution is 2.38. The molecule has 2 N–H and O–H groups in total. The minimum absolute atomic E-state index is 0.359. The molecule has 1 aromatic rings. The number of nitrogens with two attached hydrogens (primary N) is 1. The molecule has 0 amide bonds. The lowest BCUT2D eigenvalue weighted by atomic mass is 10.1. The van der Waals surface area contributed by atoms with Gasteiger partial charge in [-0.2, -0.15) is 0 Å². The summed E-state index contributed by atoms with van der Waals surface area (Å²) in [5.74, 6) is 0. The van der Waals surface area contributed by atoms with Crippen LogP contribution in [0, 0.1) is 6.92 Å². The second-order valence-electron chi connectivity index (χ2n) is 4.62. The van der Waals surface area contributed by atoms with E-state index in [1.165, 1.54) is 11.1 Å². The summed E-state index contributed by atoms with van der Waals surface area (Å²) in [6.45, 7) is 5.91. The molecule has 1 saturated heterocycles. The van der Waals surface area contributed by atoms with Crippen molar-refractivity contribution in [2.45, 2.75) is 36.9 Å². The Bertz CT molecular complexity index is 369. The summed E-state index contributed by atoms with van der Waals surface area (Å²) in [5.41, 5.74) is 8.64. The van der Waals surface area contributed by atoms with E-state index in [1.54, 1.807) is 0 Å². The third kappa shape index (κ3) is 3.03. The van der Waals surface area contributed by atoms with Crippen molar-refractivity contribution < 1.29 is 4.74 Å². The summed E-state index contributed by atoms with van der Waals surface area (Å²) < 4.78 is 5.62. The Morgan fingerprint density at radius 3 is 2.82 bits per heavy atom. The number of hydrogen-bond donors (Lipinski definition) is 1. The van der Waals surface area contributed by atoms with Crippen molar-refractivity contribution in [1.82, 2.24) is 0 Å². The first-order valence-electron chi connectivity index (χ1n) is 6.25. The van der Waals surface area contributed by atoms with Crippen LogP contribution >= 0.6 is 11.8 Å². The van der Waals surface area contributed by atoms with Crippen molar-refractivity contribution in [3.63, 3.8) is 0 Å². The summed E-state index contributed by atoms with van der Waals surface area (Å²) in [6.07, 6.45) is 1.51. The smallest absolute Gasteiger partial charge is 0.0666 e. The van der Waals surface area contributed by atoms with Gasteiger partial charge in [-0.3, -0.25) is 0 Å². The summed E-state index contributed by atoms with van der Waals surface area (Å²) in [4.78, 5) is 0. The predicted octanol–water partition coefficient (Wildman–Crippen LogP) is 2.91. The fourth-order valence-electron chi connectivity index (χ4n) is 2.31. The highest BCUT2D eigenvalue weighted by atomic mass is 32.2. The molecule has 1 fully saturated rings. The first-order valence-corrected chi connectivity index (χ1v) is 7.19. The Labute approximate surface area is 108 Å². The SMILES string of the molecule is Cc1ccccc1C(CN)SC1CCOC1C. The van der Waals surface area contributed by atoms with Gasteiger partial charge in [0.05, 0.1) is 6.10 Å². The molecule has 0 bridgehead atoms. The molecule has 3 atom stereocenters. The molecule has 1 heterocycles. The van der Waals surface area contributed by atoms with Gasteiger partial charge in [-0.05, 0) is 31.4 Å². The summed E-state index contributed by atoms with van der Waals surface area (Å²) in [6, 6.07) is 8.53. The van der Waals surface area contributed by atoms with E-state index < -0.39 is 0 Å². The van der Waals surface area contributed by atoms with Crippen LogP contribution in [0.15, 0.2) is 24.3 Å². The average Bonchev–Trinajstić information content (AvgIpc) is 2.73. The Morgan fingerprint density at radius 1 is 1.47 bits per heavy atom. The number of aryl methyl sites for hydroxylation is 1. The zero-order chi connectivity index (χ0) is 12.3. The summed E-state index contributed by atoms with van der Waals surface area (Å²) >= 11 is 1.98. The van der Waals surface area contributed by atoms with Gasteiger partial charge in [-0.25, -0.2) is 0 Å². The van der Waals surface area contributed by atoms with E-state index in [2.05, 4.69) is 38.1 Å². The van der Waals surface area contributed by atoms with Crippen LogP contribution in [0.1, 0.15) is 29.7 Å². The van der Waals surface area contributed by atoms with Crippen LogP contribution in [0.4, 0.5) is 0 Å². The molecule has 0 radical (unpaired) electrons. The molecule has 1 aromatic carbocycles. The predicted molar refractivity (Wildman–Crippen MR) is 74.4 cm³/mol. The molecule has 2 rings (SSSR count). The number of thioether (sulfide) groups is 1. The zero-order valence-electron chi connectivity index (χ0n) is 10.6. The molecule has 0 spiro atoms. The van der Waals surface area contributed by atoms with Gasteiger partial charge in [-0.1, -0.05) is 24.3 Å². The molecule has 2 nitrogen and oxygen atoms in total. The van der Waals surface area contributed by atoms with Crippen LogP contribution in [-0.4, -0.2) is 24.5 Å². The maximum atomic E-state index is 5.94. The number of benzene rings is 1. The molecule has 17 heavy (non-hydrogen) atoms. The van der Waals surface area contributed by atoms with Crippen LogP contribution in [0.25, 0.3) is 0 Å². The molecule has 94 valence electrons. The van der Waals surface area contributed by atoms with E-state index in [9.17, 15) is 0 Å². The number of hydrogen-bond acceptors (Lipinski definition) is 3. The lowest BCUT2D eigenvalue weighted by Crippen LogP contribution is -2.19. The molecule has 0 aliphatic carbocycles. The van der Waals surface area contributed by atoms with Gasteiger partial charge >= 0.3 is 0 Å². The van der Waals surface area contributed by atoms with Gasteiger partial charge < -0.3 is 10.5 Å². The maximum Gasteiger partial charge on any atom is 0.0666 e. The molecular weight excluding hydrogens is 230 g/mol. The third-order valence-electron chi connectivity index (χ3n) is 3.40. The quantitative estimate of drug-likeness (QED) is 0.893. The Hall–Kier alpha value is -0.510. The zero-order valence-corrected chi connectivity index (χ0v) is 11.4. The van der Waals surface area contributed by atoms with Crippen molar-refractivity contribution in [3.05, 3.63) is 35.4 Å². The van der Waals surface area contributed by atoms with Crippen LogP contribution < -0.4 is 5.73 Å². The summed E-state index contributed by atoms with van der Waals surface area (Å²) in [5, 5.41) is 0.980. The van der Waals surface area contributed by atoms with Crippen molar-refractivity contribution in [3.8, 4) is 0 Å². The molecule has 3 unspecified atom stereocenters. The maximum absolute atomic E-state index is 5.94. The number of rotatable bonds is 4. The van der Waals surface area contributed by atoms with Crippen molar-refractivity contribution in [2.75, 3.05) is 13.2 Å². The Balaban J connectivity index is 2.09. The minimum atomic E-state index is 0.359. The molecule has 1 aliphatic heterocycles. The third-order valence-corrected chi connectivity index (χ3v) is 5.14. The highest BCUT2D eigenvalue weighted by Gasteiger charge is 2.28. The van der Waals surface area contributed by atoms with Crippen LogP contribution in [0.5, 0.6) is 0 Å². The highest BCUT2D eigenvalue weighted by molar-refractivity contribution is 8.00. The fourth-order valence-corrected chi connectivity index (χ4v) is 3.78. The van der Waals surface area contributed by atoms with E-state index >= 15 is 0 Å². The van der Waals surface area contributed by atoms with Gasteiger partial charge in [0.25, 0.3) is 0 Å². The fraction of sp³-hybridized carbons (Fsp3) is 0.571. The van der Waals surface area contributed by atoms with E-state index in [0.29, 0.717) is 23.1 Å². The summed E-state index contributed by atoms with van der Waals surface area (Å²) in [7, 11) is 0. The van der Waals surface area contributed by atoms with E-state index in [0.717, 1.165) is 13.0 Å². The Morgan fingerprint density at radius 2 is 2.24 bits per heavy atom. The topological polar surface area (TPSA) is 35.2 Å². The molecule has 0 saturated carbocycles. The van der Waals surface area contributed by atoms with Gasteiger partial charge in [-0.15, -0.1) is 11.8 Å². The van der Waals surface area contributed by atoms with E-state index in [4.69, 9.17) is 10.5 Å². The van der Waals surface area contributed by atoms with Crippen LogP contribution in [-0.2, 0) is 4.74 Å². The van der Waals surface area contributed by atoms with E-state index in [1.807, 2.05) is 11.8 Å². The van der Waals surface area contributed by atoms with E-state index in [-0.39, 0.29) is 0 Å². The van der Waals surface area contributed by atoms with Crippen LogP contribution in [0.2, 0.25) is 0 Å². The average molecular weight is 251 g/mol. The lowest BCUT2D eigenvalue weighted by molar-refractivity contribution is 0.127. The minimum Gasteiger partial charge on any atom is -0.377 e. The lowest BCUT2D eigenvalue weighted by Gasteiger charge is -2.22. The van der Waals surface area contributed by atoms with Gasteiger partial charge in [0, 0.05) is 23.7 Å². The van der Waals surface area contributed by atoms with Crippen molar-refractivity contribution >= 4 is 11.8 Å². The molecule has 1 aliphatic rings. The van der Waals surface area contributed by atoms with Crippen molar-refractivity contribution in [1.29, 1.82) is 0 Å². The molecular formula is C14H21NOS. The number of ether oxygens (including phenoxy) is 1. The first-order chi connectivity index (χ1) is 8.22. The van der Waals surface area contributed by atoms with Crippen molar-refractivity contribution in [2.24, 2.45) is 5.73 Å². The molecule has 0 aromatic heterocycles. The normalized spacial score (nSPS) is 26.1. The largest absolute Gasteiger partial charge is 0.377 e. The van der Waals surface area contributed by atoms with Gasteiger partial charge in [0.1, 0.15) is 0 Å².